The third-order valence-electron chi connectivity index (χ3n) is 5.14. The van der Waals surface area contributed by atoms with E-state index in [4.69, 9.17) is 4.42 Å². The van der Waals surface area contributed by atoms with Gasteiger partial charge in [-0.15, -0.1) is 0 Å². The summed E-state index contributed by atoms with van der Waals surface area (Å²) in [7, 11) is -3.86. The van der Waals surface area contributed by atoms with Crippen LogP contribution >= 0.6 is 0 Å². The van der Waals surface area contributed by atoms with E-state index in [1.807, 2.05) is 0 Å². The number of aromatic nitrogens is 2. The number of oxazole rings is 1. The second kappa shape index (κ2) is 6.26. The topological polar surface area (TPSA) is 79.5 Å². The zero-order valence-corrected chi connectivity index (χ0v) is 16.1. The van der Waals surface area contributed by atoms with E-state index in [0.29, 0.717) is 31.6 Å². The van der Waals surface area contributed by atoms with E-state index in [-0.39, 0.29) is 16.0 Å². The number of halogens is 3. The van der Waals surface area contributed by atoms with Crippen molar-refractivity contribution < 1.29 is 26.0 Å². The van der Waals surface area contributed by atoms with Crippen molar-refractivity contribution in [3.8, 4) is 0 Å². The highest BCUT2D eigenvalue weighted by Crippen LogP contribution is 2.43. The Morgan fingerprint density at radius 1 is 1.14 bits per heavy atom. The van der Waals surface area contributed by atoms with E-state index in [9.17, 15) is 21.6 Å². The molecule has 2 saturated heterocycles. The molecule has 28 heavy (non-hydrogen) atoms. The Balaban J connectivity index is 1.39. The van der Waals surface area contributed by atoms with Crippen molar-refractivity contribution in [2.45, 2.75) is 31.5 Å². The molecule has 2 aromatic heterocycles. The van der Waals surface area contributed by atoms with Gasteiger partial charge in [0, 0.05) is 45.1 Å². The Kier molecular flexibility index (Phi) is 4.32. The van der Waals surface area contributed by atoms with Gasteiger partial charge in [-0.25, -0.2) is 18.4 Å². The molecule has 0 unspecified atom stereocenters. The van der Waals surface area contributed by atoms with Gasteiger partial charge in [0.25, 0.3) is 0 Å². The molecule has 0 amide bonds. The van der Waals surface area contributed by atoms with Gasteiger partial charge in [-0.05, 0) is 19.1 Å². The highest BCUT2D eigenvalue weighted by Gasteiger charge is 2.55. The van der Waals surface area contributed by atoms with Gasteiger partial charge >= 0.3 is 6.18 Å². The lowest BCUT2D eigenvalue weighted by Gasteiger charge is -2.59. The summed E-state index contributed by atoms with van der Waals surface area (Å²) in [4.78, 5) is 9.66. The first kappa shape index (κ1) is 19.3. The highest BCUT2D eigenvalue weighted by molar-refractivity contribution is 7.89. The Morgan fingerprint density at radius 2 is 1.82 bits per heavy atom. The maximum atomic E-state index is 12.8. The van der Waals surface area contributed by atoms with Crippen molar-refractivity contribution in [1.82, 2.24) is 19.2 Å². The van der Waals surface area contributed by atoms with Crippen molar-refractivity contribution in [2.24, 2.45) is 5.41 Å². The maximum Gasteiger partial charge on any atom is 0.433 e. The van der Waals surface area contributed by atoms with Crippen molar-refractivity contribution in [3.05, 3.63) is 41.4 Å². The second-order valence-electron chi connectivity index (χ2n) is 7.55. The largest absolute Gasteiger partial charge is 0.449 e. The fourth-order valence-corrected chi connectivity index (χ4v) is 5.74. The van der Waals surface area contributed by atoms with Crippen LogP contribution in [-0.4, -0.2) is 53.8 Å². The lowest BCUT2D eigenvalue weighted by Crippen LogP contribution is -2.72. The summed E-state index contributed by atoms with van der Waals surface area (Å²) in [6.07, 6.45) is -3.00. The van der Waals surface area contributed by atoms with E-state index in [2.05, 4.69) is 14.9 Å². The molecule has 0 atom stereocenters. The quantitative estimate of drug-likeness (QED) is 0.761. The number of hydrogen-bond donors (Lipinski definition) is 0. The zero-order chi connectivity index (χ0) is 20.3. The van der Waals surface area contributed by atoms with Crippen molar-refractivity contribution in [3.63, 3.8) is 0 Å². The number of alkyl halides is 3. The van der Waals surface area contributed by atoms with Crippen molar-refractivity contribution in [2.75, 3.05) is 26.2 Å². The number of pyridine rings is 1. The van der Waals surface area contributed by atoms with Gasteiger partial charge in [0.2, 0.25) is 10.0 Å². The molecule has 2 fully saturated rings. The van der Waals surface area contributed by atoms with E-state index >= 15 is 0 Å². The predicted molar refractivity (Wildman–Crippen MR) is 91.7 cm³/mol. The molecule has 0 N–H and O–H groups in total. The summed E-state index contributed by atoms with van der Waals surface area (Å²) in [6.45, 7) is 5.89. The van der Waals surface area contributed by atoms with Gasteiger partial charge in [-0.3, -0.25) is 4.90 Å². The van der Waals surface area contributed by atoms with E-state index < -0.39 is 21.9 Å². The van der Waals surface area contributed by atoms with Gasteiger partial charge in [0.15, 0.2) is 5.89 Å². The molecule has 2 aliphatic rings. The summed E-state index contributed by atoms with van der Waals surface area (Å²) >= 11 is 0. The monoisotopic (exact) mass is 416 g/mol. The molecule has 0 bridgehead atoms. The molecular formula is C17H19F3N4O3S. The molecule has 11 heteroatoms. The number of rotatable bonds is 4. The number of sulfonamides is 1. The molecule has 0 saturated carbocycles. The van der Waals surface area contributed by atoms with Crippen LogP contribution in [0.15, 0.2) is 27.7 Å². The Labute approximate surface area is 160 Å². The number of aryl methyl sites for hydroxylation is 2. The molecule has 0 aromatic carbocycles. The summed E-state index contributed by atoms with van der Waals surface area (Å²) in [5.41, 5.74) is -0.504. The first-order valence-electron chi connectivity index (χ1n) is 8.67. The zero-order valence-electron chi connectivity index (χ0n) is 15.3. The van der Waals surface area contributed by atoms with E-state index in [1.54, 1.807) is 13.2 Å². The van der Waals surface area contributed by atoms with Crippen LogP contribution in [0.4, 0.5) is 13.2 Å². The van der Waals surface area contributed by atoms with E-state index in [1.165, 1.54) is 11.2 Å². The van der Waals surface area contributed by atoms with Gasteiger partial charge < -0.3 is 4.42 Å². The van der Waals surface area contributed by atoms with Gasteiger partial charge in [-0.1, -0.05) is 0 Å². The molecular weight excluding hydrogens is 397 g/mol. The Bertz CT molecular complexity index is 1000. The normalized spacial score (nSPS) is 20.2. The highest BCUT2D eigenvalue weighted by atomic mass is 32.2. The summed E-state index contributed by atoms with van der Waals surface area (Å²) in [5.74, 6) is 0.603. The Hall–Kier alpha value is -1.98. The van der Waals surface area contributed by atoms with Crippen LogP contribution < -0.4 is 0 Å². The first-order chi connectivity index (χ1) is 13.0. The van der Waals surface area contributed by atoms with Crippen LogP contribution in [0.2, 0.25) is 0 Å². The van der Waals surface area contributed by atoms with Crippen molar-refractivity contribution >= 4 is 10.0 Å². The summed E-state index contributed by atoms with van der Waals surface area (Å²) in [6, 6.07) is 1.70. The third-order valence-corrected chi connectivity index (χ3v) is 7.06. The smallest absolute Gasteiger partial charge is 0.433 e. The van der Waals surface area contributed by atoms with Crippen LogP contribution in [0.3, 0.4) is 0 Å². The molecule has 152 valence electrons. The molecule has 4 heterocycles. The number of likely N-dealkylation sites (tertiary alicyclic amines) is 1. The first-order valence-corrected chi connectivity index (χ1v) is 10.1. The molecule has 4 rings (SSSR count). The molecule has 7 nitrogen and oxygen atoms in total. The summed E-state index contributed by atoms with van der Waals surface area (Å²) < 4.78 is 70.3. The minimum Gasteiger partial charge on any atom is -0.449 e. The molecule has 1 spiro atoms. The van der Waals surface area contributed by atoms with Crippen LogP contribution in [-0.2, 0) is 22.7 Å². The lowest BCUT2D eigenvalue weighted by atomic mass is 9.74. The Morgan fingerprint density at radius 3 is 2.36 bits per heavy atom. The predicted octanol–water partition coefficient (Wildman–Crippen LogP) is 2.21. The summed E-state index contributed by atoms with van der Waals surface area (Å²) in [5, 5.41) is 0. The second-order valence-corrected chi connectivity index (χ2v) is 9.46. The minimum atomic E-state index is -4.61. The fourth-order valence-electron chi connectivity index (χ4n) is 3.91. The number of nitrogens with zero attached hydrogens (tertiary/aromatic N) is 4. The van der Waals surface area contributed by atoms with Gasteiger partial charge in [-0.2, -0.15) is 17.5 Å². The average molecular weight is 416 g/mol. The van der Waals surface area contributed by atoms with Gasteiger partial charge in [0.1, 0.15) is 16.9 Å². The molecule has 2 aliphatic heterocycles. The van der Waals surface area contributed by atoms with Crippen LogP contribution in [0.25, 0.3) is 0 Å². The van der Waals surface area contributed by atoms with Crippen LogP contribution in [0.1, 0.15) is 23.0 Å². The van der Waals surface area contributed by atoms with E-state index in [0.717, 1.165) is 24.8 Å². The number of hydrogen-bond acceptors (Lipinski definition) is 6. The standard InChI is InChI=1S/C17H19F3N4O3S/c1-11-14(3-4-15(21-11)17(18,19)20)28(25,26)24-9-16(10-24)7-23(8-16)5-13-6-27-12(2)22-13/h3-4,6H,5,7-10H2,1-2H3. The fraction of sp³-hybridized carbons (Fsp3) is 0.529. The lowest BCUT2D eigenvalue weighted by molar-refractivity contribution is -0.141. The van der Waals surface area contributed by atoms with Crippen LogP contribution in [0, 0.1) is 19.3 Å². The average Bonchev–Trinajstić information content (AvgIpc) is 2.92. The minimum absolute atomic E-state index is 0.0981. The van der Waals surface area contributed by atoms with Crippen LogP contribution in [0.5, 0.6) is 0 Å². The molecule has 2 aromatic rings. The SMILES string of the molecule is Cc1nc(CN2CC3(C2)CN(S(=O)(=O)c2ccc(C(F)(F)F)nc2C)C3)co1. The molecule has 0 aliphatic carbocycles. The van der Waals surface area contributed by atoms with Crippen molar-refractivity contribution in [1.29, 1.82) is 0 Å². The maximum absolute atomic E-state index is 12.8. The van der Waals surface area contributed by atoms with Gasteiger partial charge in [0.05, 0.1) is 11.4 Å². The molecule has 0 radical (unpaired) electrons. The third kappa shape index (κ3) is 3.31.